The lowest BCUT2D eigenvalue weighted by Crippen LogP contribution is -2.15. The first-order valence-corrected chi connectivity index (χ1v) is 7.81. The fraction of sp³-hybridized carbons (Fsp3) is 0.158. The molecule has 0 spiro atoms. The standard InChI is InChI=1S/C19H20OS/c1-15(16(2)21-18-11-7-4-8-12-18)19(20)14-13-17-9-5-3-6-10-17/h3-15,19-20H,2H2,1H3/b14-13+/t15-,19-/m1/s1. The third kappa shape index (κ3) is 4.92. The van der Waals surface area contributed by atoms with E-state index in [1.54, 1.807) is 11.8 Å². The number of thioether (sulfide) groups is 1. The highest BCUT2D eigenvalue weighted by Gasteiger charge is 2.15. The van der Waals surface area contributed by atoms with E-state index in [4.69, 9.17) is 0 Å². The van der Waals surface area contributed by atoms with Crippen LogP contribution < -0.4 is 0 Å². The van der Waals surface area contributed by atoms with E-state index < -0.39 is 6.10 Å². The zero-order valence-electron chi connectivity index (χ0n) is 12.1. The summed E-state index contributed by atoms with van der Waals surface area (Å²) in [5.41, 5.74) is 1.09. The third-order valence-corrected chi connectivity index (χ3v) is 4.44. The number of rotatable bonds is 6. The van der Waals surface area contributed by atoms with Gasteiger partial charge in [-0.15, -0.1) is 0 Å². The molecular weight excluding hydrogens is 276 g/mol. The summed E-state index contributed by atoms with van der Waals surface area (Å²) in [5, 5.41) is 10.3. The van der Waals surface area contributed by atoms with Crippen LogP contribution in [0.1, 0.15) is 12.5 Å². The van der Waals surface area contributed by atoms with Crippen molar-refractivity contribution in [3.05, 3.63) is 83.8 Å². The first-order valence-electron chi connectivity index (χ1n) is 7.00. The summed E-state index contributed by atoms with van der Waals surface area (Å²) in [4.78, 5) is 2.11. The molecule has 1 nitrogen and oxygen atoms in total. The molecule has 21 heavy (non-hydrogen) atoms. The minimum absolute atomic E-state index is 0.00447. The van der Waals surface area contributed by atoms with Crippen LogP contribution in [0.4, 0.5) is 0 Å². The minimum atomic E-state index is -0.533. The first-order chi connectivity index (χ1) is 10.2. The summed E-state index contributed by atoms with van der Waals surface area (Å²) < 4.78 is 0. The summed E-state index contributed by atoms with van der Waals surface area (Å²) in [6.45, 7) is 6.09. The summed E-state index contributed by atoms with van der Waals surface area (Å²) in [6, 6.07) is 20.1. The van der Waals surface area contributed by atoms with Crippen LogP contribution in [0.2, 0.25) is 0 Å². The summed E-state index contributed by atoms with van der Waals surface area (Å²) in [6.07, 6.45) is 3.24. The second-order valence-corrected chi connectivity index (χ2v) is 6.13. The molecule has 2 rings (SSSR count). The van der Waals surface area contributed by atoms with Gasteiger partial charge in [-0.2, -0.15) is 0 Å². The summed E-state index contributed by atoms with van der Waals surface area (Å²) in [5.74, 6) is -0.00447. The number of aliphatic hydroxyl groups is 1. The van der Waals surface area contributed by atoms with Crippen molar-refractivity contribution in [1.82, 2.24) is 0 Å². The lowest BCUT2D eigenvalue weighted by Gasteiger charge is -2.18. The predicted molar refractivity (Wildman–Crippen MR) is 92.1 cm³/mol. The Morgan fingerprint density at radius 2 is 1.62 bits per heavy atom. The molecule has 0 aliphatic rings. The van der Waals surface area contributed by atoms with Gasteiger partial charge in [-0.3, -0.25) is 0 Å². The van der Waals surface area contributed by atoms with Gasteiger partial charge in [0.25, 0.3) is 0 Å². The Hall–Kier alpha value is -1.77. The molecule has 0 radical (unpaired) electrons. The first kappa shape index (κ1) is 15.6. The Morgan fingerprint density at radius 1 is 1.05 bits per heavy atom. The van der Waals surface area contributed by atoms with Crippen LogP contribution >= 0.6 is 11.8 Å². The van der Waals surface area contributed by atoms with Crippen LogP contribution in [0.15, 0.2) is 83.1 Å². The maximum Gasteiger partial charge on any atom is 0.0794 e. The van der Waals surface area contributed by atoms with Crippen molar-refractivity contribution in [3.63, 3.8) is 0 Å². The zero-order valence-corrected chi connectivity index (χ0v) is 13.0. The highest BCUT2D eigenvalue weighted by Crippen LogP contribution is 2.32. The molecule has 0 saturated heterocycles. The topological polar surface area (TPSA) is 20.2 Å². The van der Waals surface area contributed by atoms with Gasteiger partial charge in [0.05, 0.1) is 6.10 Å². The number of hydrogen-bond acceptors (Lipinski definition) is 2. The van der Waals surface area contributed by atoms with E-state index in [9.17, 15) is 5.11 Å². The van der Waals surface area contributed by atoms with Crippen LogP contribution in [0.3, 0.4) is 0 Å². The van der Waals surface area contributed by atoms with Gasteiger partial charge in [-0.05, 0) is 22.6 Å². The third-order valence-electron chi connectivity index (χ3n) is 3.30. The molecule has 0 saturated carbocycles. The Morgan fingerprint density at radius 3 is 2.24 bits per heavy atom. The van der Waals surface area contributed by atoms with E-state index in [0.717, 1.165) is 15.4 Å². The van der Waals surface area contributed by atoms with Crippen molar-refractivity contribution in [3.8, 4) is 0 Å². The van der Waals surface area contributed by atoms with E-state index in [2.05, 4.69) is 18.7 Å². The van der Waals surface area contributed by atoms with E-state index in [0.29, 0.717) is 0 Å². The smallest absolute Gasteiger partial charge is 0.0794 e. The molecule has 2 atom stereocenters. The molecule has 2 heteroatoms. The Balaban J connectivity index is 1.94. The van der Waals surface area contributed by atoms with E-state index in [-0.39, 0.29) is 5.92 Å². The number of benzene rings is 2. The van der Waals surface area contributed by atoms with Crippen LogP contribution in [0, 0.1) is 5.92 Å². The van der Waals surface area contributed by atoms with Crippen molar-refractivity contribution in [2.75, 3.05) is 0 Å². The largest absolute Gasteiger partial charge is 0.388 e. The Labute approximate surface area is 131 Å². The Bertz CT molecular complexity index is 589. The fourth-order valence-electron chi connectivity index (χ4n) is 1.86. The second kappa shape index (κ2) is 7.87. The lowest BCUT2D eigenvalue weighted by atomic mass is 10.0. The average molecular weight is 296 g/mol. The van der Waals surface area contributed by atoms with E-state index >= 15 is 0 Å². The fourth-order valence-corrected chi connectivity index (χ4v) is 2.79. The highest BCUT2D eigenvalue weighted by atomic mass is 32.2. The molecular formula is C19H20OS. The maximum absolute atomic E-state index is 10.3. The maximum atomic E-state index is 10.3. The number of aliphatic hydroxyl groups excluding tert-OH is 1. The van der Waals surface area contributed by atoms with Gasteiger partial charge in [0, 0.05) is 10.8 Å². The lowest BCUT2D eigenvalue weighted by molar-refractivity contribution is 0.184. The molecule has 0 aromatic heterocycles. The molecule has 0 aliphatic heterocycles. The molecule has 0 heterocycles. The van der Waals surface area contributed by atoms with E-state index in [1.165, 1.54) is 0 Å². The summed E-state index contributed by atoms with van der Waals surface area (Å²) in [7, 11) is 0. The normalized spacial score (nSPS) is 14.0. The van der Waals surface area contributed by atoms with Gasteiger partial charge in [0.1, 0.15) is 0 Å². The van der Waals surface area contributed by atoms with Crippen molar-refractivity contribution in [2.24, 2.45) is 5.92 Å². The van der Waals surface area contributed by atoms with Gasteiger partial charge in [-0.1, -0.05) is 85.9 Å². The molecule has 108 valence electrons. The molecule has 0 bridgehead atoms. The molecule has 0 aliphatic carbocycles. The SMILES string of the molecule is C=C(Sc1ccccc1)[C@@H](C)[C@H](O)/C=C/c1ccccc1. The van der Waals surface area contributed by atoms with Crippen molar-refractivity contribution >= 4 is 17.8 Å². The van der Waals surface area contributed by atoms with Crippen LogP contribution in [-0.2, 0) is 0 Å². The monoisotopic (exact) mass is 296 g/mol. The average Bonchev–Trinajstić information content (AvgIpc) is 2.53. The van der Waals surface area contributed by atoms with Crippen LogP contribution in [0.5, 0.6) is 0 Å². The van der Waals surface area contributed by atoms with Gasteiger partial charge in [-0.25, -0.2) is 0 Å². The van der Waals surface area contributed by atoms with Crippen molar-refractivity contribution in [2.45, 2.75) is 17.9 Å². The van der Waals surface area contributed by atoms with Gasteiger partial charge in [0.15, 0.2) is 0 Å². The molecule has 0 unspecified atom stereocenters. The van der Waals surface area contributed by atoms with Crippen molar-refractivity contribution < 1.29 is 5.11 Å². The van der Waals surface area contributed by atoms with Crippen LogP contribution in [0.25, 0.3) is 6.08 Å². The Kier molecular flexibility index (Phi) is 5.85. The highest BCUT2D eigenvalue weighted by molar-refractivity contribution is 8.03. The second-order valence-electron chi connectivity index (χ2n) is 4.93. The van der Waals surface area contributed by atoms with Gasteiger partial charge < -0.3 is 5.11 Å². The minimum Gasteiger partial charge on any atom is -0.388 e. The zero-order chi connectivity index (χ0) is 15.1. The van der Waals surface area contributed by atoms with Gasteiger partial charge in [0.2, 0.25) is 0 Å². The number of hydrogen-bond donors (Lipinski definition) is 1. The molecule has 1 N–H and O–H groups in total. The quantitative estimate of drug-likeness (QED) is 0.757. The molecule has 0 fully saturated rings. The summed E-state index contributed by atoms with van der Waals surface area (Å²) >= 11 is 1.61. The van der Waals surface area contributed by atoms with E-state index in [1.807, 2.05) is 67.6 Å². The van der Waals surface area contributed by atoms with Gasteiger partial charge >= 0.3 is 0 Å². The van der Waals surface area contributed by atoms with Crippen LogP contribution in [-0.4, -0.2) is 11.2 Å². The predicted octanol–water partition coefficient (Wildman–Crippen LogP) is 5.00. The molecule has 2 aromatic carbocycles. The molecule has 2 aromatic rings. The van der Waals surface area contributed by atoms with Crippen molar-refractivity contribution in [1.29, 1.82) is 0 Å². The molecule has 0 amide bonds.